The molecule has 1 unspecified atom stereocenters. The molecular weight excluding hydrogens is 185 g/mol. The summed E-state index contributed by atoms with van der Waals surface area (Å²) in [5.74, 6) is -2.14. The highest BCUT2D eigenvalue weighted by atomic mass is 19.4. The summed E-state index contributed by atoms with van der Waals surface area (Å²) >= 11 is 0. The number of nitrogens with zero attached hydrogens (tertiary/aromatic N) is 1. The van der Waals surface area contributed by atoms with Gasteiger partial charge < -0.3 is 5.32 Å². The van der Waals surface area contributed by atoms with E-state index in [1.165, 1.54) is 0 Å². The number of carbonyl (C=O) groups is 1. The summed E-state index contributed by atoms with van der Waals surface area (Å²) in [6.45, 7) is 0. The van der Waals surface area contributed by atoms with Crippen LogP contribution in [0.5, 0.6) is 0 Å². The van der Waals surface area contributed by atoms with Crippen LogP contribution < -0.4 is 5.32 Å². The van der Waals surface area contributed by atoms with Gasteiger partial charge in [-0.1, -0.05) is 0 Å². The number of amides is 1. The fourth-order valence-corrected chi connectivity index (χ4v) is 0.908. The maximum absolute atomic E-state index is 11.7. The number of hydrogen-bond acceptors (Lipinski definition) is 2. The van der Waals surface area contributed by atoms with E-state index in [-0.39, 0.29) is 5.92 Å². The van der Waals surface area contributed by atoms with Crippen LogP contribution >= 0.6 is 0 Å². The number of nitriles is 1. The van der Waals surface area contributed by atoms with Crippen LogP contribution in [0.4, 0.5) is 13.2 Å². The summed E-state index contributed by atoms with van der Waals surface area (Å²) in [6.07, 6.45) is -3.49. The fourth-order valence-electron chi connectivity index (χ4n) is 0.908. The van der Waals surface area contributed by atoms with Crippen LogP contribution in [0.3, 0.4) is 0 Å². The number of rotatable bonds is 2. The van der Waals surface area contributed by atoms with Crippen LogP contribution in [0.2, 0.25) is 0 Å². The summed E-state index contributed by atoms with van der Waals surface area (Å²) in [5, 5.41) is 10.1. The van der Waals surface area contributed by atoms with Crippen LogP contribution in [0.25, 0.3) is 0 Å². The second kappa shape index (κ2) is 3.24. The molecule has 1 aliphatic carbocycles. The molecule has 1 amide bonds. The van der Waals surface area contributed by atoms with E-state index in [4.69, 9.17) is 5.26 Å². The number of hydrogen-bond donors (Lipinski definition) is 1. The van der Waals surface area contributed by atoms with Crippen LogP contribution in [0.15, 0.2) is 0 Å². The van der Waals surface area contributed by atoms with Crippen molar-refractivity contribution in [2.45, 2.75) is 25.1 Å². The van der Waals surface area contributed by atoms with Crippen molar-refractivity contribution >= 4 is 5.91 Å². The Balaban J connectivity index is 2.47. The molecule has 13 heavy (non-hydrogen) atoms. The highest BCUT2D eigenvalue weighted by Gasteiger charge is 2.42. The summed E-state index contributed by atoms with van der Waals surface area (Å²) in [6, 6.07) is 0.643. The third kappa shape index (κ3) is 2.61. The molecular formula is C7H7F3N2O. The predicted molar refractivity (Wildman–Crippen MR) is 36.3 cm³/mol. The largest absolute Gasteiger partial charge is 0.471 e. The number of halogens is 3. The van der Waals surface area contributed by atoms with Gasteiger partial charge in [0, 0.05) is 0 Å². The normalized spacial score (nSPS) is 18.9. The molecule has 1 N–H and O–H groups in total. The van der Waals surface area contributed by atoms with Gasteiger partial charge in [0.1, 0.15) is 6.04 Å². The molecule has 1 atom stereocenters. The summed E-state index contributed by atoms with van der Waals surface area (Å²) in [7, 11) is 0. The monoisotopic (exact) mass is 192 g/mol. The number of alkyl halides is 3. The van der Waals surface area contributed by atoms with E-state index < -0.39 is 18.1 Å². The van der Waals surface area contributed by atoms with Crippen molar-refractivity contribution in [2.24, 2.45) is 5.92 Å². The molecule has 72 valence electrons. The molecule has 6 heteroatoms. The maximum Gasteiger partial charge on any atom is 0.471 e. The molecule has 0 bridgehead atoms. The van der Waals surface area contributed by atoms with Crippen molar-refractivity contribution in [2.75, 3.05) is 0 Å². The highest BCUT2D eigenvalue weighted by Crippen LogP contribution is 2.32. The molecule has 3 nitrogen and oxygen atoms in total. The Morgan fingerprint density at radius 2 is 2.08 bits per heavy atom. The Kier molecular flexibility index (Phi) is 2.45. The minimum atomic E-state index is -4.90. The average molecular weight is 192 g/mol. The molecule has 1 fully saturated rings. The third-order valence-electron chi connectivity index (χ3n) is 1.78. The van der Waals surface area contributed by atoms with E-state index in [1.807, 2.05) is 0 Å². The van der Waals surface area contributed by atoms with Crippen molar-refractivity contribution < 1.29 is 18.0 Å². The number of carbonyl (C=O) groups excluding carboxylic acids is 1. The van der Waals surface area contributed by atoms with E-state index in [0.29, 0.717) is 12.8 Å². The first-order valence-electron chi connectivity index (χ1n) is 3.72. The zero-order valence-electron chi connectivity index (χ0n) is 6.56. The first-order valence-corrected chi connectivity index (χ1v) is 3.72. The third-order valence-corrected chi connectivity index (χ3v) is 1.78. The zero-order chi connectivity index (χ0) is 10.1. The van der Waals surface area contributed by atoms with Gasteiger partial charge in [-0.15, -0.1) is 0 Å². The lowest BCUT2D eigenvalue weighted by molar-refractivity contribution is -0.174. The lowest BCUT2D eigenvalue weighted by atomic mass is 10.2. The van der Waals surface area contributed by atoms with Gasteiger partial charge in [-0.25, -0.2) is 0 Å². The molecule has 1 saturated carbocycles. The molecule has 0 aliphatic heterocycles. The van der Waals surface area contributed by atoms with Crippen molar-refractivity contribution in [1.82, 2.24) is 5.32 Å². The van der Waals surface area contributed by atoms with Gasteiger partial charge in [0.15, 0.2) is 0 Å². The summed E-state index contributed by atoms with van der Waals surface area (Å²) < 4.78 is 35.1. The van der Waals surface area contributed by atoms with E-state index in [2.05, 4.69) is 0 Å². The number of nitrogens with one attached hydrogen (secondary N) is 1. The Morgan fingerprint density at radius 3 is 2.38 bits per heavy atom. The Morgan fingerprint density at radius 1 is 1.54 bits per heavy atom. The first-order chi connectivity index (χ1) is 5.95. The van der Waals surface area contributed by atoms with Crippen LogP contribution in [0.1, 0.15) is 12.8 Å². The van der Waals surface area contributed by atoms with Gasteiger partial charge in [-0.05, 0) is 18.8 Å². The topological polar surface area (TPSA) is 52.9 Å². The molecule has 1 aliphatic rings. The van der Waals surface area contributed by atoms with Gasteiger partial charge in [-0.2, -0.15) is 18.4 Å². The maximum atomic E-state index is 11.7. The van der Waals surface area contributed by atoms with Gasteiger partial charge in [0.25, 0.3) is 0 Å². The molecule has 0 saturated heterocycles. The molecule has 1 rings (SSSR count). The van der Waals surface area contributed by atoms with Gasteiger partial charge in [0.05, 0.1) is 6.07 Å². The Labute approximate surface area is 72.5 Å². The second-order valence-corrected chi connectivity index (χ2v) is 2.92. The molecule has 0 radical (unpaired) electrons. The van der Waals surface area contributed by atoms with Gasteiger partial charge in [-0.3, -0.25) is 4.79 Å². The van der Waals surface area contributed by atoms with Crippen LogP contribution in [0, 0.1) is 17.2 Å². The van der Waals surface area contributed by atoms with Crippen molar-refractivity contribution in [3.05, 3.63) is 0 Å². The SMILES string of the molecule is N#CC(NC(=O)C(F)(F)F)C1CC1. The van der Waals surface area contributed by atoms with E-state index in [1.54, 1.807) is 11.4 Å². The van der Waals surface area contributed by atoms with Crippen molar-refractivity contribution in [1.29, 1.82) is 5.26 Å². The smallest absolute Gasteiger partial charge is 0.332 e. The van der Waals surface area contributed by atoms with Crippen molar-refractivity contribution in [3.63, 3.8) is 0 Å². The summed E-state index contributed by atoms with van der Waals surface area (Å²) in [4.78, 5) is 10.4. The summed E-state index contributed by atoms with van der Waals surface area (Å²) in [5.41, 5.74) is 0. The molecule has 0 aromatic carbocycles. The Hall–Kier alpha value is -1.25. The standard InChI is InChI=1S/C7H7F3N2O/c8-7(9,10)6(13)12-5(3-11)4-1-2-4/h4-5H,1-2H2,(H,12,13). The lowest BCUT2D eigenvalue weighted by Gasteiger charge is -2.11. The minimum Gasteiger partial charge on any atom is -0.332 e. The molecule has 0 heterocycles. The van der Waals surface area contributed by atoms with Crippen molar-refractivity contribution in [3.8, 4) is 6.07 Å². The average Bonchev–Trinajstić information content (AvgIpc) is 2.80. The highest BCUT2D eigenvalue weighted by molar-refractivity contribution is 5.82. The second-order valence-electron chi connectivity index (χ2n) is 2.92. The van der Waals surface area contributed by atoms with Gasteiger partial charge >= 0.3 is 12.1 Å². The van der Waals surface area contributed by atoms with E-state index >= 15 is 0 Å². The quantitative estimate of drug-likeness (QED) is 0.708. The minimum absolute atomic E-state index is 0.101. The predicted octanol–water partition coefficient (Wildman–Crippen LogP) is 0.967. The zero-order valence-corrected chi connectivity index (χ0v) is 6.56. The molecule has 0 spiro atoms. The fraction of sp³-hybridized carbons (Fsp3) is 0.714. The van der Waals surface area contributed by atoms with E-state index in [9.17, 15) is 18.0 Å². The van der Waals surface area contributed by atoms with Gasteiger partial charge in [0.2, 0.25) is 0 Å². The lowest BCUT2D eigenvalue weighted by Crippen LogP contribution is -2.43. The van der Waals surface area contributed by atoms with Crippen LogP contribution in [-0.2, 0) is 4.79 Å². The first kappa shape index (κ1) is 9.84. The molecule has 0 aromatic rings. The molecule has 0 aromatic heterocycles. The Bertz CT molecular complexity index is 251. The van der Waals surface area contributed by atoms with Crippen LogP contribution in [-0.4, -0.2) is 18.1 Å². The van der Waals surface area contributed by atoms with E-state index in [0.717, 1.165) is 0 Å².